The van der Waals surface area contributed by atoms with Gasteiger partial charge in [0.2, 0.25) is 5.91 Å². The summed E-state index contributed by atoms with van der Waals surface area (Å²) in [6, 6.07) is 11.4. The van der Waals surface area contributed by atoms with Crippen molar-refractivity contribution in [2.45, 2.75) is 20.8 Å². The van der Waals surface area contributed by atoms with Crippen LogP contribution in [-0.4, -0.2) is 44.4 Å². The van der Waals surface area contributed by atoms with Gasteiger partial charge in [-0.25, -0.2) is 0 Å². The molecule has 0 aromatic heterocycles. The monoisotopic (exact) mass is 353 g/mol. The number of benzene rings is 2. The molecule has 2 amide bonds. The highest BCUT2D eigenvalue weighted by molar-refractivity contribution is 5.99. The quantitative estimate of drug-likeness (QED) is 0.896. The largest absolute Gasteiger partial charge is 0.378 e. The third-order valence-electron chi connectivity index (χ3n) is 4.30. The van der Waals surface area contributed by atoms with Gasteiger partial charge in [-0.1, -0.05) is 17.7 Å². The Balaban J connectivity index is 2.03. The van der Waals surface area contributed by atoms with Gasteiger partial charge in [-0.05, 0) is 56.2 Å². The lowest BCUT2D eigenvalue weighted by molar-refractivity contribution is -0.116. The van der Waals surface area contributed by atoms with E-state index in [1.165, 1.54) is 4.90 Å². The molecule has 0 aliphatic heterocycles. The minimum atomic E-state index is -0.208. The molecule has 0 fully saturated rings. The van der Waals surface area contributed by atoms with Gasteiger partial charge in [0.25, 0.3) is 5.91 Å². The van der Waals surface area contributed by atoms with E-state index in [2.05, 4.69) is 5.32 Å². The van der Waals surface area contributed by atoms with Crippen LogP contribution in [0.15, 0.2) is 36.4 Å². The molecule has 0 spiro atoms. The molecule has 0 saturated heterocycles. The van der Waals surface area contributed by atoms with E-state index in [4.69, 9.17) is 0 Å². The lowest BCUT2D eigenvalue weighted by Gasteiger charge is -2.19. The van der Waals surface area contributed by atoms with Gasteiger partial charge in [0.15, 0.2) is 0 Å². The van der Waals surface area contributed by atoms with Crippen molar-refractivity contribution in [3.05, 3.63) is 58.7 Å². The molecule has 0 heterocycles. The second-order valence-electron chi connectivity index (χ2n) is 6.92. The van der Waals surface area contributed by atoms with Gasteiger partial charge >= 0.3 is 0 Å². The molecule has 26 heavy (non-hydrogen) atoms. The van der Waals surface area contributed by atoms with E-state index >= 15 is 0 Å². The van der Waals surface area contributed by atoms with Gasteiger partial charge in [0.05, 0.1) is 6.54 Å². The molecule has 2 aromatic carbocycles. The molecule has 0 unspecified atom stereocenters. The van der Waals surface area contributed by atoms with Crippen molar-refractivity contribution in [2.24, 2.45) is 0 Å². The van der Waals surface area contributed by atoms with E-state index in [9.17, 15) is 9.59 Å². The Morgan fingerprint density at radius 1 is 0.923 bits per heavy atom. The summed E-state index contributed by atoms with van der Waals surface area (Å²) in [6.45, 7) is 5.97. The zero-order valence-corrected chi connectivity index (χ0v) is 16.4. The summed E-state index contributed by atoms with van der Waals surface area (Å²) in [4.78, 5) is 28.3. The van der Waals surface area contributed by atoms with Crippen LogP contribution >= 0.6 is 0 Å². The molecule has 0 saturated carbocycles. The van der Waals surface area contributed by atoms with E-state index < -0.39 is 0 Å². The Bertz CT molecular complexity index is 788. The maximum absolute atomic E-state index is 12.5. The van der Waals surface area contributed by atoms with Crippen LogP contribution in [0.3, 0.4) is 0 Å². The average molecular weight is 353 g/mol. The van der Waals surface area contributed by atoms with Gasteiger partial charge < -0.3 is 15.1 Å². The molecule has 5 heteroatoms. The van der Waals surface area contributed by atoms with Crippen LogP contribution in [-0.2, 0) is 4.79 Å². The van der Waals surface area contributed by atoms with Crippen LogP contribution in [0.4, 0.5) is 11.4 Å². The molecule has 0 radical (unpaired) electrons. The third kappa shape index (κ3) is 4.63. The number of likely N-dealkylation sites (N-methyl/N-ethyl adjacent to an activating group) is 1. The molecule has 2 rings (SSSR count). The minimum absolute atomic E-state index is 0.00101. The maximum Gasteiger partial charge on any atom is 0.254 e. The molecular formula is C21H27N3O2. The number of rotatable bonds is 5. The minimum Gasteiger partial charge on any atom is -0.378 e. The van der Waals surface area contributed by atoms with E-state index in [0.717, 1.165) is 28.1 Å². The smallest absolute Gasteiger partial charge is 0.254 e. The summed E-state index contributed by atoms with van der Waals surface area (Å²) in [5.41, 5.74) is 5.59. The van der Waals surface area contributed by atoms with Crippen molar-refractivity contribution in [3.8, 4) is 0 Å². The Morgan fingerprint density at radius 2 is 1.46 bits per heavy atom. The van der Waals surface area contributed by atoms with E-state index in [1.54, 1.807) is 19.2 Å². The highest BCUT2D eigenvalue weighted by atomic mass is 16.2. The standard InChI is InChI=1S/C21H27N3O2/c1-14-11-15(2)20(16(3)12-14)22-19(25)13-24(6)21(26)17-7-9-18(10-8-17)23(4)5/h7-12H,13H2,1-6H3,(H,22,25). The first-order chi connectivity index (χ1) is 12.2. The summed E-state index contributed by atoms with van der Waals surface area (Å²) in [5.74, 6) is -0.386. The van der Waals surface area contributed by atoms with Crippen LogP contribution in [0.25, 0.3) is 0 Å². The van der Waals surface area contributed by atoms with Gasteiger partial charge in [-0.2, -0.15) is 0 Å². The number of hydrogen-bond acceptors (Lipinski definition) is 3. The molecule has 0 aliphatic rings. The molecule has 2 aromatic rings. The fourth-order valence-electron chi connectivity index (χ4n) is 2.97. The first-order valence-electron chi connectivity index (χ1n) is 8.59. The van der Waals surface area contributed by atoms with Crippen molar-refractivity contribution in [1.82, 2.24) is 4.90 Å². The summed E-state index contributed by atoms with van der Waals surface area (Å²) in [7, 11) is 5.53. The third-order valence-corrected chi connectivity index (χ3v) is 4.30. The first-order valence-corrected chi connectivity index (χ1v) is 8.59. The fraction of sp³-hybridized carbons (Fsp3) is 0.333. The van der Waals surface area contributed by atoms with Crippen LogP contribution < -0.4 is 10.2 Å². The number of hydrogen-bond donors (Lipinski definition) is 1. The average Bonchev–Trinajstić information content (AvgIpc) is 2.57. The SMILES string of the molecule is Cc1cc(C)c(NC(=O)CN(C)C(=O)c2ccc(N(C)C)cc2)c(C)c1. The van der Waals surface area contributed by atoms with Crippen LogP contribution in [0.2, 0.25) is 0 Å². The number of nitrogens with one attached hydrogen (secondary N) is 1. The topological polar surface area (TPSA) is 52.7 Å². The van der Waals surface area contributed by atoms with Gasteiger partial charge in [-0.3, -0.25) is 9.59 Å². The number of nitrogens with zero attached hydrogens (tertiary/aromatic N) is 2. The summed E-state index contributed by atoms with van der Waals surface area (Å²) < 4.78 is 0. The lowest BCUT2D eigenvalue weighted by atomic mass is 10.1. The van der Waals surface area contributed by atoms with Gasteiger partial charge in [0, 0.05) is 38.1 Å². The fourth-order valence-corrected chi connectivity index (χ4v) is 2.97. The van der Waals surface area contributed by atoms with E-state index in [0.29, 0.717) is 5.56 Å². The Labute approximate surface area is 155 Å². The Hall–Kier alpha value is -2.82. The van der Waals surface area contributed by atoms with Gasteiger partial charge in [0.1, 0.15) is 0 Å². The second kappa shape index (κ2) is 8.04. The number of carbonyl (C=O) groups excluding carboxylic acids is 2. The number of anilines is 2. The summed E-state index contributed by atoms with van der Waals surface area (Å²) >= 11 is 0. The predicted octanol–water partition coefficient (Wildman–Crippen LogP) is 3.39. The number of amides is 2. The molecule has 0 bridgehead atoms. The highest BCUT2D eigenvalue weighted by Crippen LogP contribution is 2.22. The molecule has 0 atom stereocenters. The van der Waals surface area contributed by atoms with E-state index in [1.807, 2.05) is 64.0 Å². The molecule has 5 nitrogen and oxygen atoms in total. The van der Waals surface area contributed by atoms with Crippen molar-refractivity contribution in [3.63, 3.8) is 0 Å². The molecular weight excluding hydrogens is 326 g/mol. The molecule has 1 N–H and O–H groups in total. The summed E-state index contributed by atoms with van der Waals surface area (Å²) in [5, 5.41) is 2.93. The Kier molecular flexibility index (Phi) is 6.03. The number of carbonyl (C=O) groups is 2. The Morgan fingerprint density at radius 3 is 1.96 bits per heavy atom. The zero-order valence-electron chi connectivity index (χ0n) is 16.4. The van der Waals surface area contributed by atoms with Crippen LogP contribution in [0.1, 0.15) is 27.0 Å². The normalized spacial score (nSPS) is 10.4. The van der Waals surface area contributed by atoms with Gasteiger partial charge in [-0.15, -0.1) is 0 Å². The van der Waals surface area contributed by atoms with Crippen molar-refractivity contribution >= 4 is 23.2 Å². The first kappa shape index (κ1) is 19.5. The van der Waals surface area contributed by atoms with Crippen LogP contribution in [0.5, 0.6) is 0 Å². The number of aryl methyl sites for hydroxylation is 3. The van der Waals surface area contributed by atoms with Crippen molar-refractivity contribution < 1.29 is 9.59 Å². The van der Waals surface area contributed by atoms with Crippen LogP contribution in [0, 0.1) is 20.8 Å². The second-order valence-corrected chi connectivity index (χ2v) is 6.92. The van der Waals surface area contributed by atoms with E-state index in [-0.39, 0.29) is 18.4 Å². The molecule has 138 valence electrons. The van der Waals surface area contributed by atoms with Crippen molar-refractivity contribution in [2.75, 3.05) is 37.9 Å². The summed E-state index contributed by atoms with van der Waals surface area (Å²) in [6.07, 6.45) is 0. The predicted molar refractivity (Wildman–Crippen MR) is 107 cm³/mol. The zero-order chi connectivity index (χ0) is 19.4. The maximum atomic E-state index is 12.5. The molecule has 0 aliphatic carbocycles. The van der Waals surface area contributed by atoms with Crippen molar-refractivity contribution in [1.29, 1.82) is 0 Å². The lowest BCUT2D eigenvalue weighted by Crippen LogP contribution is -2.35. The highest BCUT2D eigenvalue weighted by Gasteiger charge is 2.16.